The molecule has 0 amide bonds. The zero-order chi connectivity index (χ0) is 25.9. The van der Waals surface area contributed by atoms with Crippen molar-refractivity contribution in [3.63, 3.8) is 0 Å². The van der Waals surface area contributed by atoms with E-state index in [2.05, 4.69) is 21.0 Å². The summed E-state index contributed by atoms with van der Waals surface area (Å²) in [5.41, 5.74) is 1.61. The first-order chi connectivity index (χ1) is 17.9. The van der Waals surface area contributed by atoms with Crippen LogP contribution in [0.4, 0.5) is 0 Å². The minimum absolute atomic E-state index is 0.280. The number of carbonyl (C=O) groups is 1. The van der Waals surface area contributed by atoms with Crippen LogP contribution in [-0.4, -0.2) is 34.6 Å². The van der Waals surface area contributed by atoms with Gasteiger partial charge in [-0.25, -0.2) is 9.78 Å². The van der Waals surface area contributed by atoms with E-state index in [1.165, 1.54) is 4.68 Å². The van der Waals surface area contributed by atoms with Gasteiger partial charge in [0.15, 0.2) is 11.9 Å². The van der Waals surface area contributed by atoms with Crippen LogP contribution in [0, 0.1) is 0 Å². The SMILES string of the molecule is CCOC(=O)[C@@H](C)Oc1ccc(C=Nn2c(-c3cc4ccccc4o3)nc3ccccc3c2=O)cc1Br. The van der Waals surface area contributed by atoms with Crippen molar-refractivity contribution in [2.24, 2.45) is 5.10 Å². The average molecular weight is 560 g/mol. The Balaban J connectivity index is 1.52. The highest BCUT2D eigenvalue weighted by atomic mass is 79.9. The number of halogens is 1. The van der Waals surface area contributed by atoms with Crippen molar-refractivity contribution >= 4 is 50.0 Å². The van der Waals surface area contributed by atoms with Gasteiger partial charge in [0.05, 0.1) is 28.2 Å². The molecule has 5 rings (SSSR count). The Bertz CT molecular complexity index is 1670. The van der Waals surface area contributed by atoms with Crippen LogP contribution in [0.2, 0.25) is 0 Å². The van der Waals surface area contributed by atoms with Crippen molar-refractivity contribution in [3.05, 3.63) is 93.2 Å². The molecule has 0 bridgehead atoms. The van der Waals surface area contributed by atoms with Crippen LogP contribution in [0.25, 0.3) is 33.5 Å². The fourth-order valence-electron chi connectivity index (χ4n) is 3.80. The maximum absolute atomic E-state index is 13.4. The lowest BCUT2D eigenvalue weighted by Gasteiger charge is -2.14. The third kappa shape index (κ3) is 5.03. The summed E-state index contributed by atoms with van der Waals surface area (Å²) >= 11 is 3.47. The summed E-state index contributed by atoms with van der Waals surface area (Å²) < 4.78 is 18.6. The Morgan fingerprint density at radius 1 is 1.14 bits per heavy atom. The molecule has 3 aromatic carbocycles. The first-order valence-corrected chi connectivity index (χ1v) is 12.4. The summed E-state index contributed by atoms with van der Waals surface area (Å²) in [5.74, 6) is 0.754. The first-order valence-electron chi connectivity index (χ1n) is 11.6. The van der Waals surface area contributed by atoms with Crippen LogP contribution in [0.5, 0.6) is 5.75 Å². The second-order valence-electron chi connectivity index (χ2n) is 8.16. The Morgan fingerprint density at radius 3 is 2.70 bits per heavy atom. The molecule has 0 aliphatic rings. The highest BCUT2D eigenvalue weighted by Gasteiger charge is 2.18. The number of furan rings is 1. The van der Waals surface area contributed by atoms with E-state index in [1.807, 2.05) is 36.4 Å². The lowest BCUT2D eigenvalue weighted by atomic mass is 10.2. The summed E-state index contributed by atoms with van der Waals surface area (Å²) in [4.78, 5) is 30.0. The Kier molecular flexibility index (Phi) is 6.87. The fraction of sp³-hybridized carbons (Fsp3) is 0.143. The zero-order valence-corrected chi connectivity index (χ0v) is 21.6. The molecule has 0 unspecified atom stereocenters. The molecule has 2 heterocycles. The van der Waals surface area contributed by atoms with Crippen LogP contribution < -0.4 is 10.3 Å². The molecule has 1 atom stereocenters. The number of hydrogen-bond donors (Lipinski definition) is 0. The lowest BCUT2D eigenvalue weighted by molar-refractivity contribution is -0.150. The molecule has 9 heteroatoms. The molecular weight excluding hydrogens is 538 g/mol. The van der Waals surface area contributed by atoms with Crippen molar-refractivity contribution in [1.82, 2.24) is 9.66 Å². The molecule has 0 saturated carbocycles. The predicted octanol–water partition coefficient (Wildman–Crippen LogP) is 5.78. The number of para-hydroxylation sites is 2. The third-order valence-corrected chi connectivity index (χ3v) is 6.22. The quantitative estimate of drug-likeness (QED) is 0.185. The summed E-state index contributed by atoms with van der Waals surface area (Å²) in [5, 5.41) is 5.82. The number of rotatable bonds is 7. The molecule has 2 aromatic heterocycles. The van der Waals surface area contributed by atoms with Gasteiger partial charge < -0.3 is 13.9 Å². The maximum Gasteiger partial charge on any atom is 0.347 e. The van der Waals surface area contributed by atoms with Gasteiger partial charge in [-0.3, -0.25) is 4.79 Å². The number of hydrogen-bond acceptors (Lipinski definition) is 7. The van der Waals surface area contributed by atoms with E-state index in [0.29, 0.717) is 43.9 Å². The highest BCUT2D eigenvalue weighted by molar-refractivity contribution is 9.10. The fourth-order valence-corrected chi connectivity index (χ4v) is 4.29. The van der Waals surface area contributed by atoms with Crippen LogP contribution in [-0.2, 0) is 9.53 Å². The molecule has 0 fully saturated rings. The molecule has 5 aromatic rings. The molecular formula is C28H22BrN3O5. The summed E-state index contributed by atoms with van der Waals surface area (Å²) in [6.45, 7) is 3.64. The van der Waals surface area contributed by atoms with Gasteiger partial charge in [0.1, 0.15) is 11.3 Å². The Morgan fingerprint density at radius 2 is 1.92 bits per heavy atom. The van der Waals surface area contributed by atoms with Gasteiger partial charge >= 0.3 is 5.97 Å². The molecule has 37 heavy (non-hydrogen) atoms. The van der Waals surface area contributed by atoms with Crippen molar-refractivity contribution in [2.45, 2.75) is 20.0 Å². The number of benzene rings is 3. The largest absolute Gasteiger partial charge is 0.478 e. The molecule has 0 saturated heterocycles. The monoisotopic (exact) mass is 559 g/mol. The minimum Gasteiger partial charge on any atom is -0.478 e. The maximum atomic E-state index is 13.4. The second-order valence-corrected chi connectivity index (χ2v) is 9.02. The van der Waals surface area contributed by atoms with Crippen molar-refractivity contribution in [3.8, 4) is 17.3 Å². The third-order valence-electron chi connectivity index (χ3n) is 5.60. The number of fused-ring (bicyclic) bond motifs is 2. The summed E-state index contributed by atoms with van der Waals surface area (Å²) in [6.07, 6.45) is 0.789. The smallest absolute Gasteiger partial charge is 0.347 e. The minimum atomic E-state index is -0.760. The van der Waals surface area contributed by atoms with Gasteiger partial charge in [-0.05, 0) is 77.8 Å². The van der Waals surface area contributed by atoms with Gasteiger partial charge in [-0.2, -0.15) is 9.78 Å². The van der Waals surface area contributed by atoms with Crippen LogP contribution >= 0.6 is 15.9 Å². The lowest BCUT2D eigenvalue weighted by Crippen LogP contribution is -2.26. The Hall–Kier alpha value is -4.24. The molecule has 0 spiro atoms. The van der Waals surface area contributed by atoms with Gasteiger partial charge in [0.2, 0.25) is 5.82 Å². The van der Waals surface area contributed by atoms with E-state index < -0.39 is 12.1 Å². The normalized spacial score (nSPS) is 12.3. The van der Waals surface area contributed by atoms with E-state index in [9.17, 15) is 9.59 Å². The zero-order valence-electron chi connectivity index (χ0n) is 20.1. The molecule has 0 aliphatic heterocycles. The molecule has 0 radical (unpaired) electrons. The van der Waals surface area contributed by atoms with Crippen LogP contribution in [0.3, 0.4) is 0 Å². The topological polar surface area (TPSA) is 95.9 Å². The van der Waals surface area contributed by atoms with E-state index in [-0.39, 0.29) is 12.2 Å². The standard InChI is InChI=1S/C28H22BrN3O5/c1-3-35-28(34)17(2)36-24-13-12-18(14-21(24)29)16-30-32-26(25-15-19-8-4-7-11-23(19)37-25)31-22-10-6-5-9-20(22)27(32)33/h4-17H,3H2,1-2H3/t17-/m1/s1. The van der Waals surface area contributed by atoms with Crippen molar-refractivity contribution in [2.75, 3.05) is 6.61 Å². The van der Waals surface area contributed by atoms with Crippen molar-refractivity contribution in [1.29, 1.82) is 0 Å². The van der Waals surface area contributed by atoms with Gasteiger partial charge in [-0.15, -0.1) is 0 Å². The van der Waals surface area contributed by atoms with E-state index in [4.69, 9.17) is 18.9 Å². The van der Waals surface area contributed by atoms with Gasteiger partial charge in [0, 0.05) is 5.39 Å². The first kappa shape index (κ1) is 24.5. The predicted molar refractivity (Wildman–Crippen MR) is 145 cm³/mol. The number of esters is 1. The number of ether oxygens (including phenoxy) is 2. The molecule has 0 aliphatic carbocycles. The van der Waals surface area contributed by atoms with E-state index in [1.54, 1.807) is 56.5 Å². The Labute approximate surface area is 220 Å². The molecule has 0 N–H and O–H groups in total. The molecule has 8 nitrogen and oxygen atoms in total. The van der Waals surface area contributed by atoms with Crippen molar-refractivity contribution < 1.29 is 18.7 Å². The second kappa shape index (κ2) is 10.4. The number of nitrogens with zero attached hydrogens (tertiary/aromatic N) is 3. The molecule has 186 valence electrons. The average Bonchev–Trinajstić information content (AvgIpc) is 3.34. The van der Waals surface area contributed by atoms with Crippen LogP contribution in [0.1, 0.15) is 19.4 Å². The van der Waals surface area contributed by atoms with Crippen LogP contribution in [0.15, 0.2) is 91.6 Å². The van der Waals surface area contributed by atoms with E-state index in [0.717, 1.165) is 5.39 Å². The number of aromatic nitrogens is 2. The number of carbonyl (C=O) groups excluding carboxylic acids is 1. The van der Waals surface area contributed by atoms with E-state index >= 15 is 0 Å². The van der Waals surface area contributed by atoms with Gasteiger partial charge in [-0.1, -0.05) is 30.3 Å². The van der Waals surface area contributed by atoms with Gasteiger partial charge in [0.25, 0.3) is 5.56 Å². The highest BCUT2D eigenvalue weighted by Crippen LogP contribution is 2.28. The summed E-state index contributed by atoms with van der Waals surface area (Å²) in [7, 11) is 0. The summed E-state index contributed by atoms with van der Waals surface area (Å²) in [6, 6.07) is 21.8.